The fourth-order valence-corrected chi connectivity index (χ4v) is 0.896. The molecule has 0 aromatic heterocycles. The van der Waals surface area contributed by atoms with Gasteiger partial charge < -0.3 is 14.6 Å². The van der Waals surface area contributed by atoms with Gasteiger partial charge >= 0.3 is 0 Å². The maximum atomic E-state index is 8.87. The maximum Gasteiger partial charge on any atom is 0.0465 e. The highest BCUT2D eigenvalue weighted by atomic mass is 16.5. The Morgan fingerprint density at radius 2 is 1.55 bits per heavy atom. The Hall–Kier alpha value is -0.120. The van der Waals surface area contributed by atoms with Gasteiger partial charge in [-0.05, 0) is 18.8 Å². The van der Waals surface area contributed by atoms with E-state index in [9.17, 15) is 0 Å². The molecule has 0 aliphatic carbocycles. The summed E-state index contributed by atoms with van der Waals surface area (Å²) in [6.45, 7) is 1.66. The minimum absolute atomic E-state index is 0.229. The molecular formula is C8H18O3. The fourth-order valence-electron chi connectivity index (χ4n) is 0.896. The van der Waals surface area contributed by atoms with E-state index in [1.807, 2.05) is 0 Å². The van der Waals surface area contributed by atoms with Crippen LogP contribution in [0.1, 0.15) is 12.8 Å². The molecule has 0 atom stereocenters. The summed E-state index contributed by atoms with van der Waals surface area (Å²) in [5, 5.41) is 8.87. The molecule has 0 bridgehead atoms. The SMILES string of the molecule is COCCC(CO)CCOC. The van der Waals surface area contributed by atoms with Crippen LogP contribution < -0.4 is 0 Å². The molecule has 0 spiro atoms. The summed E-state index contributed by atoms with van der Waals surface area (Å²) in [6, 6.07) is 0. The molecule has 0 heterocycles. The Kier molecular flexibility index (Phi) is 7.89. The Balaban J connectivity index is 3.25. The van der Waals surface area contributed by atoms with Gasteiger partial charge in [0.25, 0.3) is 0 Å². The number of aliphatic hydroxyl groups excluding tert-OH is 1. The van der Waals surface area contributed by atoms with Gasteiger partial charge in [0, 0.05) is 34.0 Å². The van der Waals surface area contributed by atoms with Gasteiger partial charge in [0.05, 0.1) is 0 Å². The summed E-state index contributed by atoms with van der Waals surface area (Å²) in [5.41, 5.74) is 0. The third-order valence-corrected chi connectivity index (χ3v) is 1.72. The molecule has 68 valence electrons. The molecule has 0 radical (unpaired) electrons. The van der Waals surface area contributed by atoms with E-state index in [1.165, 1.54) is 0 Å². The Bertz CT molecular complexity index is 67.7. The molecule has 0 aliphatic rings. The lowest BCUT2D eigenvalue weighted by atomic mass is 10.0. The van der Waals surface area contributed by atoms with Crippen molar-refractivity contribution in [3.63, 3.8) is 0 Å². The third kappa shape index (κ3) is 6.28. The molecule has 0 aromatic rings. The third-order valence-electron chi connectivity index (χ3n) is 1.72. The van der Waals surface area contributed by atoms with E-state index in [2.05, 4.69) is 0 Å². The van der Waals surface area contributed by atoms with Gasteiger partial charge in [0.1, 0.15) is 0 Å². The molecular weight excluding hydrogens is 144 g/mol. The second-order valence-electron chi connectivity index (χ2n) is 2.61. The van der Waals surface area contributed by atoms with Crippen molar-refractivity contribution in [2.24, 2.45) is 5.92 Å². The number of hydrogen-bond acceptors (Lipinski definition) is 3. The molecule has 0 amide bonds. The van der Waals surface area contributed by atoms with Crippen molar-refractivity contribution in [3.05, 3.63) is 0 Å². The predicted molar refractivity (Wildman–Crippen MR) is 43.6 cm³/mol. The predicted octanol–water partition coefficient (Wildman–Crippen LogP) is 0.668. The number of methoxy groups -OCH3 is 2. The van der Waals surface area contributed by atoms with Crippen LogP contribution in [0.5, 0.6) is 0 Å². The zero-order valence-electron chi connectivity index (χ0n) is 7.38. The van der Waals surface area contributed by atoms with Crippen molar-refractivity contribution in [1.29, 1.82) is 0 Å². The van der Waals surface area contributed by atoms with Crippen molar-refractivity contribution in [2.75, 3.05) is 34.0 Å². The first kappa shape index (κ1) is 10.9. The van der Waals surface area contributed by atoms with Crippen molar-refractivity contribution >= 4 is 0 Å². The number of ether oxygens (including phenoxy) is 2. The van der Waals surface area contributed by atoms with Gasteiger partial charge in [-0.2, -0.15) is 0 Å². The molecule has 0 saturated heterocycles. The van der Waals surface area contributed by atoms with Crippen LogP contribution in [-0.2, 0) is 9.47 Å². The largest absolute Gasteiger partial charge is 0.396 e. The molecule has 0 fully saturated rings. The minimum Gasteiger partial charge on any atom is -0.396 e. The first-order chi connectivity index (χ1) is 5.35. The lowest BCUT2D eigenvalue weighted by molar-refractivity contribution is 0.116. The van der Waals surface area contributed by atoms with E-state index >= 15 is 0 Å². The number of rotatable bonds is 7. The zero-order valence-corrected chi connectivity index (χ0v) is 7.38. The van der Waals surface area contributed by atoms with Crippen LogP contribution in [0.2, 0.25) is 0 Å². The standard InChI is InChI=1S/C8H18O3/c1-10-5-3-8(7-9)4-6-11-2/h8-9H,3-7H2,1-2H3. The Morgan fingerprint density at radius 3 is 1.82 bits per heavy atom. The topological polar surface area (TPSA) is 38.7 Å². The van der Waals surface area contributed by atoms with Gasteiger partial charge in [0.15, 0.2) is 0 Å². The molecule has 0 aromatic carbocycles. The molecule has 3 heteroatoms. The van der Waals surface area contributed by atoms with Gasteiger partial charge in [-0.3, -0.25) is 0 Å². The first-order valence-corrected chi connectivity index (χ1v) is 3.93. The highest BCUT2D eigenvalue weighted by Gasteiger charge is 2.05. The monoisotopic (exact) mass is 162 g/mol. The van der Waals surface area contributed by atoms with E-state index in [1.54, 1.807) is 14.2 Å². The fraction of sp³-hybridized carbons (Fsp3) is 1.00. The average Bonchev–Trinajstić information content (AvgIpc) is 2.05. The lowest BCUT2D eigenvalue weighted by Crippen LogP contribution is -2.11. The van der Waals surface area contributed by atoms with E-state index in [0.29, 0.717) is 5.92 Å². The maximum absolute atomic E-state index is 8.87. The van der Waals surface area contributed by atoms with Gasteiger partial charge in [0.2, 0.25) is 0 Å². The Morgan fingerprint density at radius 1 is 1.09 bits per heavy atom. The van der Waals surface area contributed by atoms with E-state index in [-0.39, 0.29) is 6.61 Å². The number of aliphatic hydroxyl groups is 1. The van der Waals surface area contributed by atoms with Crippen molar-refractivity contribution < 1.29 is 14.6 Å². The summed E-state index contributed by atoms with van der Waals surface area (Å²) in [4.78, 5) is 0. The summed E-state index contributed by atoms with van der Waals surface area (Å²) < 4.78 is 9.80. The molecule has 3 nitrogen and oxygen atoms in total. The van der Waals surface area contributed by atoms with Crippen LogP contribution >= 0.6 is 0 Å². The molecule has 0 unspecified atom stereocenters. The van der Waals surface area contributed by atoms with E-state index < -0.39 is 0 Å². The summed E-state index contributed by atoms with van der Waals surface area (Å²) >= 11 is 0. The minimum atomic E-state index is 0.229. The van der Waals surface area contributed by atoms with Crippen LogP contribution in [0, 0.1) is 5.92 Å². The molecule has 0 aliphatic heterocycles. The van der Waals surface area contributed by atoms with E-state index in [4.69, 9.17) is 14.6 Å². The summed E-state index contributed by atoms with van der Waals surface area (Å²) in [5.74, 6) is 0.329. The normalized spacial score (nSPS) is 10.9. The average molecular weight is 162 g/mol. The van der Waals surface area contributed by atoms with E-state index in [0.717, 1.165) is 26.1 Å². The van der Waals surface area contributed by atoms with Crippen LogP contribution in [0.4, 0.5) is 0 Å². The number of hydrogen-bond donors (Lipinski definition) is 1. The first-order valence-electron chi connectivity index (χ1n) is 3.93. The van der Waals surface area contributed by atoms with Gasteiger partial charge in [-0.15, -0.1) is 0 Å². The molecule has 0 saturated carbocycles. The van der Waals surface area contributed by atoms with Crippen LogP contribution in [0.3, 0.4) is 0 Å². The van der Waals surface area contributed by atoms with Crippen molar-refractivity contribution in [2.45, 2.75) is 12.8 Å². The summed E-state index contributed by atoms with van der Waals surface area (Å²) in [7, 11) is 3.34. The second kappa shape index (κ2) is 7.98. The van der Waals surface area contributed by atoms with Crippen molar-refractivity contribution in [3.8, 4) is 0 Å². The van der Waals surface area contributed by atoms with Crippen LogP contribution in [0.25, 0.3) is 0 Å². The second-order valence-corrected chi connectivity index (χ2v) is 2.61. The smallest absolute Gasteiger partial charge is 0.0465 e. The molecule has 11 heavy (non-hydrogen) atoms. The van der Waals surface area contributed by atoms with Crippen molar-refractivity contribution in [1.82, 2.24) is 0 Å². The molecule has 0 rings (SSSR count). The van der Waals surface area contributed by atoms with Crippen LogP contribution in [0.15, 0.2) is 0 Å². The quantitative estimate of drug-likeness (QED) is 0.598. The van der Waals surface area contributed by atoms with Gasteiger partial charge in [-0.25, -0.2) is 0 Å². The lowest BCUT2D eigenvalue weighted by Gasteiger charge is -2.11. The zero-order chi connectivity index (χ0) is 8.53. The highest BCUT2D eigenvalue weighted by molar-refractivity contribution is 4.56. The highest BCUT2D eigenvalue weighted by Crippen LogP contribution is 2.07. The van der Waals surface area contributed by atoms with Gasteiger partial charge in [-0.1, -0.05) is 0 Å². The van der Waals surface area contributed by atoms with Crippen LogP contribution in [-0.4, -0.2) is 39.1 Å². The summed E-state index contributed by atoms with van der Waals surface area (Å²) in [6.07, 6.45) is 1.83. The molecule has 1 N–H and O–H groups in total. The Labute approximate surface area is 68.3 Å².